The molecule has 18 heavy (non-hydrogen) atoms. The van der Waals surface area contributed by atoms with Crippen molar-refractivity contribution in [3.63, 3.8) is 0 Å². The number of benzene rings is 1. The van der Waals surface area contributed by atoms with Crippen LogP contribution in [-0.2, 0) is 4.79 Å². The van der Waals surface area contributed by atoms with Crippen LogP contribution in [0.4, 0.5) is 5.69 Å². The van der Waals surface area contributed by atoms with Crippen molar-refractivity contribution in [1.82, 2.24) is 0 Å². The molecule has 94 valence electrons. The summed E-state index contributed by atoms with van der Waals surface area (Å²) in [4.78, 5) is 13.2. The number of halogens is 1. The Kier molecular flexibility index (Phi) is 3.73. The molecule has 1 amide bonds. The lowest BCUT2D eigenvalue weighted by molar-refractivity contribution is -0.122. The molecule has 1 saturated heterocycles. The fourth-order valence-corrected chi connectivity index (χ4v) is 2.54. The summed E-state index contributed by atoms with van der Waals surface area (Å²) in [6.45, 7) is 1.53. The second kappa shape index (κ2) is 5.28. The molecule has 5 heteroatoms. The van der Waals surface area contributed by atoms with Crippen molar-refractivity contribution in [2.24, 2.45) is 11.7 Å². The fourth-order valence-electron chi connectivity index (χ4n) is 2.24. The highest BCUT2D eigenvalue weighted by atomic mass is 35.5. The SMILES string of the molecule is N#Cc1ccc(N2CCC(C(N)=O)CC2)c(Cl)c1. The summed E-state index contributed by atoms with van der Waals surface area (Å²) >= 11 is 6.16. The van der Waals surface area contributed by atoms with E-state index in [9.17, 15) is 4.79 Å². The number of primary amides is 1. The van der Waals surface area contributed by atoms with Crippen LogP contribution in [0.5, 0.6) is 0 Å². The lowest BCUT2D eigenvalue weighted by Gasteiger charge is -2.32. The molecule has 1 heterocycles. The van der Waals surface area contributed by atoms with Crippen LogP contribution in [-0.4, -0.2) is 19.0 Å². The van der Waals surface area contributed by atoms with E-state index in [0.29, 0.717) is 10.6 Å². The van der Waals surface area contributed by atoms with Crippen LogP contribution < -0.4 is 10.6 Å². The quantitative estimate of drug-likeness (QED) is 0.886. The van der Waals surface area contributed by atoms with E-state index in [1.54, 1.807) is 12.1 Å². The molecule has 0 bridgehead atoms. The number of nitrogens with two attached hydrogens (primary N) is 1. The van der Waals surface area contributed by atoms with Gasteiger partial charge in [0.1, 0.15) is 0 Å². The van der Waals surface area contributed by atoms with E-state index in [2.05, 4.69) is 11.0 Å². The molecule has 4 nitrogen and oxygen atoms in total. The third-order valence-corrected chi connectivity index (χ3v) is 3.62. The fraction of sp³-hybridized carbons (Fsp3) is 0.385. The standard InChI is InChI=1S/C13H14ClN3O/c14-11-7-9(8-15)1-2-12(11)17-5-3-10(4-6-17)13(16)18/h1-2,7,10H,3-6H2,(H2,16,18). The highest BCUT2D eigenvalue weighted by Gasteiger charge is 2.24. The van der Waals surface area contributed by atoms with E-state index in [-0.39, 0.29) is 11.8 Å². The minimum Gasteiger partial charge on any atom is -0.370 e. The zero-order valence-corrected chi connectivity index (χ0v) is 10.7. The van der Waals surface area contributed by atoms with Crippen LogP contribution in [0.3, 0.4) is 0 Å². The number of nitrogens with zero attached hydrogens (tertiary/aromatic N) is 2. The van der Waals surface area contributed by atoms with Crippen molar-refractivity contribution in [2.45, 2.75) is 12.8 Å². The maximum Gasteiger partial charge on any atom is 0.220 e. The minimum atomic E-state index is -0.222. The van der Waals surface area contributed by atoms with Gasteiger partial charge in [0, 0.05) is 19.0 Å². The Morgan fingerprint density at radius 3 is 2.61 bits per heavy atom. The maximum absolute atomic E-state index is 11.1. The zero-order chi connectivity index (χ0) is 13.1. The number of carbonyl (C=O) groups is 1. The Bertz CT molecular complexity index is 501. The smallest absolute Gasteiger partial charge is 0.220 e. The van der Waals surface area contributed by atoms with Gasteiger partial charge in [0.15, 0.2) is 0 Å². The van der Waals surface area contributed by atoms with Gasteiger partial charge in [0.05, 0.1) is 22.3 Å². The molecule has 2 rings (SSSR count). The number of hydrogen-bond acceptors (Lipinski definition) is 3. The van der Waals surface area contributed by atoms with E-state index >= 15 is 0 Å². The van der Waals surface area contributed by atoms with Crippen LogP contribution in [0.2, 0.25) is 5.02 Å². The number of anilines is 1. The molecule has 2 N–H and O–H groups in total. The largest absolute Gasteiger partial charge is 0.370 e. The first-order valence-corrected chi connectivity index (χ1v) is 6.23. The highest BCUT2D eigenvalue weighted by molar-refractivity contribution is 6.33. The lowest BCUT2D eigenvalue weighted by Crippen LogP contribution is -2.38. The van der Waals surface area contributed by atoms with E-state index in [1.165, 1.54) is 0 Å². The zero-order valence-electron chi connectivity index (χ0n) is 9.90. The van der Waals surface area contributed by atoms with Gasteiger partial charge in [-0.1, -0.05) is 11.6 Å². The van der Waals surface area contributed by atoms with Gasteiger partial charge >= 0.3 is 0 Å². The van der Waals surface area contributed by atoms with Crippen LogP contribution in [0.15, 0.2) is 18.2 Å². The summed E-state index contributed by atoms with van der Waals surface area (Å²) in [5.74, 6) is -0.251. The molecule has 0 saturated carbocycles. The van der Waals surface area contributed by atoms with Crippen molar-refractivity contribution < 1.29 is 4.79 Å². The summed E-state index contributed by atoms with van der Waals surface area (Å²) in [5, 5.41) is 9.36. The van der Waals surface area contributed by atoms with E-state index in [0.717, 1.165) is 31.6 Å². The Morgan fingerprint density at radius 1 is 1.44 bits per heavy atom. The second-order valence-electron chi connectivity index (χ2n) is 4.44. The molecule has 1 aliphatic heterocycles. The van der Waals surface area contributed by atoms with Crippen LogP contribution in [0.25, 0.3) is 0 Å². The molecular formula is C13H14ClN3O. The summed E-state index contributed by atoms with van der Waals surface area (Å²) in [7, 11) is 0. The first-order chi connectivity index (χ1) is 8.61. The molecule has 0 unspecified atom stereocenters. The normalized spacial score (nSPS) is 16.3. The number of piperidine rings is 1. The number of hydrogen-bond donors (Lipinski definition) is 1. The Hall–Kier alpha value is -1.73. The molecule has 0 aromatic heterocycles. The number of nitriles is 1. The molecule has 1 aromatic carbocycles. The molecule has 0 radical (unpaired) electrons. The Morgan fingerprint density at radius 2 is 2.11 bits per heavy atom. The van der Waals surface area contributed by atoms with E-state index in [4.69, 9.17) is 22.6 Å². The molecule has 0 atom stereocenters. The van der Waals surface area contributed by atoms with Gasteiger partial charge in [-0.3, -0.25) is 4.79 Å². The molecular weight excluding hydrogens is 250 g/mol. The molecule has 1 aliphatic rings. The Balaban J connectivity index is 2.10. The van der Waals surface area contributed by atoms with Gasteiger partial charge in [0.25, 0.3) is 0 Å². The average Bonchev–Trinajstić information content (AvgIpc) is 2.38. The summed E-state index contributed by atoms with van der Waals surface area (Å²) < 4.78 is 0. The summed E-state index contributed by atoms with van der Waals surface area (Å²) in [5.41, 5.74) is 6.77. The predicted octanol–water partition coefficient (Wildman–Crippen LogP) is 1.91. The second-order valence-corrected chi connectivity index (χ2v) is 4.85. The van der Waals surface area contributed by atoms with Gasteiger partial charge in [-0.25, -0.2) is 0 Å². The molecule has 0 spiro atoms. The van der Waals surface area contributed by atoms with Crippen molar-refractivity contribution in [2.75, 3.05) is 18.0 Å². The summed E-state index contributed by atoms with van der Waals surface area (Å²) in [6.07, 6.45) is 1.51. The van der Waals surface area contributed by atoms with Crippen molar-refractivity contribution in [3.8, 4) is 6.07 Å². The van der Waals surface area contributed by atoms with Gasteiger partial charge in [-0.15, -0.1) is 0 Å². The van der Waals surface area contributed by atoms with E-state index in [1.807, 2.05) is 6.07 Å². The average molecular weight is 264 g/mol. The van der Waals surface area contributed by atoms with Crippen molar-refractivity contribution in [1.29, 1.82) is 5.26 Å². The monoisotopic (exact) mass is 263 g/mol. The van der Waals surface area contributed by atoms with Crippen LogP contribution >= 0.6 is 11.6 Å². The maximum atomic E-state index is 11.1. The van der Waals surface area contributed by atoms with Gasteiger partial charge in [-0.2, -0.15) is 5.26 Å². The first-order valence-electron chi connectivity index (χ1n) is 5.85. The van der Waals surface area contributed by atoms with Crippen LogP contribution in [0, 0.1) is 17.2 Å². The Labute approximate surface area is 111 Å². The van der Waals surface area contributed by atoms with Crippen molar-refractivity contribution >= 4 is 23.2 Å². The molecule has 0 aliphatic carbocycles. The number of rotatable bonds is 2. The summed E-state index contributed by atoms with van der Waals surface area (Å²) in [6, 6.07) is 7.32. The minimum absolute atomic E-state index is 0.0293. The first kappa shape index (κ1) is 12.7. The third kappa shape index (κ3) is 2.57. The van der Waals surface area contributed by atoms with E-state index < -0.39 is 0 Å². The van der Waals surface area contributed by atoms with Gasteiger partial charge < -0.3 is 10.6 Å². The topological polar surface area (TPSA) is 70.1 Å². The highest BCUT2D eigenvalue weighted by Crippen LogP contribution is 2.30. The molecule has 1 fully saturated rings. The number of carbonyl (C=O) groups excluding carboxylic acids is 1. The van der Waals surface area contributed by atoms with Crippen LogP contribution in [0.1, 0.15) is 18.4 Å². The predicted molar refractivity (Wildman–Crippen MR) is 70.3 cm³/mol. The number of amides is 1. The van der Waals surface area contributed by atoms with Gasteiger partial charge in [0.2, 0.25) is 5.91 Å². The molecule has 1 aromatic rings. The lowest BCUT2D eigenvalue weighted by atomic mass is 9.96. The van der Waals surface area contributed by atoms with Gasteiger partial charge in [-0.05, 0) is 31.0 Å². The van der Waals surface area contributed by atoms with Crippen molar-refractivity contribution in [3.05, 3.63) is 28.8 Å². The third-order valence-electron chi connectivity index (χ3n) is 3.31.